The number of benzene rings is 1. The number of thioether (sulfide) groups is 1. The van der Waals surface area contributed by atoms with Crippen LogP contribution in [0.3, 0.4) is 0 Å². The van der Waals surface area contributed by atoms with Crippen LogP contribution in [0.25, 0.3) is 0 Å². The fourth-order valence-corrected chi connectivity index (χ4v) is 2.04. The van der Waals surface area contributed by atoms with Crippen molar-refractivity contribution in [2.75, 3.05) is 11.1 Å². The molecule has 2 rings (SSSR count). The summed E-state index contributed by atoms with van der Waals surface area (Å²) < 4.78 is 0. The molecule has 0 aliphatic carbocycles. The minimum absolute atomic E-state index is 0.0892. The second-order valence-electron chi connectivity index (χ2n) is 3.24. The van der Waals surface area contributed by atoms with Crippen molar-refractivity contribution in [2.24, 2.45) is 0 Å². The number of rotatable bonds is 4. The Morgan fingerprint density at radius 3 is 3.12 bits per heavy atom. The molecule has 0 radical (unpaired) electrons. The monoisotopic (exact) mass is 267 g/mol. The Bertz CT molecular complexity index is 501. The van der Waals surface area contributed by atoms with Gasteiger partial charge in [-0.2, -0.15) is 0 Å². The molecule has 0 bridgehead atoms. The lowest BCUT2D eigenvalue weighted by atomic mass is 10.3. The molecular weight excluding hydrogens is 258 g/mol. The smallest absolute Gasteiger partial charge is 0.234 e. The second kappa shape index (κ2) is 5.75. The summed E-state index contributed by atoms with van der Waals surface area (Å²) in [6.07, 6.45) is 3.37. The first-order valence-corrected chi connectivity index (χ1v) is 6.28. The van der Waals surface area contributed by atoms with Crippen LogP contribution in [0.15, 0.2) is 41.8 Å². The van der Waals surface area contributed by atoms with E-state index in [0.717, 1.165) is 5.16 Å². The van der Waals surface area contributed by atoms with Gasteiger partial charge in [-0.3, -0.25) is 4.79 Å². The summed E-state index contributed by atoms with van der Waals surface area (Å²) in [4.78, 5) is 18.5. The molecule has 0 atom stereocenters. The van der Waals surface area contributed by atoms with E-state index >= 15 is 0 Å². The maximum atomic E-state index is 11.6. The van der Waals surface area contributed by atoms with E-state index in [1.807, 2.05) is 0 Å². The maximum Gasteiger partial charge on any atom is 0.234 e. The third kappa shape index (κ3) is 3.80. The molecule has 1 aromatic heterocycles. The Morgan fingerprint density at radius 2 is 2.41 bits per heavy atom. The number of imidazole rings is 1. The number of anilines is 1. The van der Waals surface area contributed by atoms with Gasteiger partial charge in [-0.1, -0.05) is 29.4 Å². The van der Waals surface area contributed by atoms with Gasteiger partial charge >= 0.3 is 0 Å². The van der Waals surface area contributed by atoms with Crippen LogP contribution in [-0.2, 0) is 4.79 Å². The van der Waals surface area contributed by atoms with Crippen molar-refractivity contribution in [3.63, 3.8) is 0 Å². The van der Waals surface area contributed by atoms with Crippen molar-refractivity contribution in [3.05, 3.63) is 41.7 Å². The lowest BCUT2D eigenvalue weighted by Gasteiger charge is -2.04. The van der Waals surface area contributed by atoms with Crippen molar-refractivity contribution in [1.29, 1.82) is 0 Å². The largest absolute Gasteiger partial charge is 0.340 e. The normalized spacial score (nSPS) is 10.2. The highest BCUT2D eigenvalue weighted by atomic mass is 35.5. The summed E-state index contributed by atoms with van der Waals surface area (Å²) in [5.41, 5.74) is 0.697. The lowest BCUT2D eigenvalue weighted by molar-refractivity contribution is -0.113. The lowest BCUT2D eigenvalue weighted by Crippen LogP contribution is -2.13. The first kappa shape index (κ1) is 12.0. The van der Waals surface area contributed by atoms with Gasteiger partial charge in [0.05, 0.1) is 5.75 Å². The number of nitrogens with one attached hydrogen (secondary N) is 2. The molecule has 88 valence electrons. The van der Waals surface area contributed by atoms with E-state index in [0.29, 0.717) is 16.5 Å². The Labute approximate surface area is 108 Å². The summed E-state index contributed by atoms with van der Waals surface area (Å²) >= 11 is 7.16. The standard InChI is InChI=1S/C11H10ClN3OS/c12-8-2-1-3-9(6-8)15-10(16)7-17-11-13-4-5-14-11/h1-6H,7H2,(H,13,14)(H,15,16). The fraction of sp³-hybridized carbons (Fsp3) is 0.0909. The van der Waals surface area contributed by atoms with Crippen LogP contribution in [-0.4, -0.2) is 21.6 Å². The molecular formula is C11H10ClN3OS. The third-order valence-corrected chi connectivity index (χ3v) is 3.06. The van der Waals surface area contributed by atoms with Crippen molar-refractivity contribution >= 4 is 35.0 Å². The second-order valence-corrected chi connectivity index (χ2v) is 4.64. The number of aromatic nitrogens is 2. The molecule has 6 heteroatoms. The average molecular weight is 268 g/mol. The molecule has 17 heavy (non-hydrogen) atoms. The van der Waals surface area contributed by atoms with E-state index in [1.54, 1.807) is 36.7 Å². The van der Waals surface area contributed by atoms with Crippen LogP contribution in [0.2, 0.25) is 5.02 Å². The van der Waals surface area contributed by atoms with E-state index in [-0.39, 0.29) is 5.91 Å². The van der Waals surface area contributed by atoms with E-state index < -0.39 is 0 Å². The predicted molar refractivity (Wildman–Crippen MR) is 69.4 cm³/mol. The van der Waals surface area contributed by atoms with Gasteiger partial charge in [0.1, 0.15) is 0 Å². The number of carbonyl (C=O) groups excluding carboxylic acids is 1. The van der Waals surface area contributed by atoms with Crippen molar-refractivity contribution < 1.29 is 4.79 Å². The van der Waals surface area contributed by atoms with E-state index in [4.69, 9.17) is 11.6 Å². The zero-order valence-electron chi connectivity index (χ0n) is 8.81. The van der Waals surface area contributed by atoms with Crippen LogP contribution in [0.4, 0.5) is 5.69 Å². The highest BCUT2D eigenvalue weighted by Crippen LogP contribution is 2.16. The SMILES string of the molecule is O=C(CSc1ncc[nH]1)Nc1cccc(Cl)c1. The van der Waals surface area contributed by atoms with Gasteiger partial charge in [-0.15, -0.1) is 0 Å². The topological polar surface area (TPSA) is 57.8 Å². The number of amides is 1. The summed E-state index contributed by atoms with van der Waals surface area (Å²) in [6, 6.07) is 7.05. The molecule has 2 N–H and O–H groups in total. The van der Waals surface area contributed by atoms with Gasteiger partial charge in [-0.05, 0) is 18.2 Å². The molecule has 0 saturated carbocycles. The zero-order chi connectivity index (χ0) is 12.1. The molecule has 1 heterocycles. The summed E-state index contributed by atoms with van der Waals surface area (Å²) in [6.45, 7) is 0. The minimum atomic E-state index is -0.0892. The van der Waals surface area contributed by atoms with Gasteiger partial charge in [0.15, 0.2) is 5.16 Å². The maximum absolute atomic E-state index is 11.6. The predicted octanol–water partition coefficient (Wildman–Crippen LogP) is 2.79. The number of H-pyrrole nitrogens is 1. The van der Waals surface area contributed by atoms with Gasteiger partial charge in [0, 0.05) is 23.1 Å². The molecule has 0 fully saturated rings. The fourth-order valence-electron chi connectivity index (χ4n) is 1.23. The average Bonchev–Trinajstić information content (AvgIpc) is 2.79. The molecule has 0 aliphatic heterocycles. The molecule has 1 aromatic carbocycles. The third-order valence-electron chi connectivity index (χ3n) is 1.92. The van der Waals surface area contributed by atoms with Gasteiger partial charge < -0.3 is 10.3 Å². The van der Waals surface area contributed by atoms with Crippen LogP contribution in [0.1, 0.15) is 0 Å². The number of halogens is 1. The number of hydrogen-bond donors (Lipinski definition) is 2. The van der Waals surface area contributed by atoms with Crippen LogP contribution in [0.5, 0.6) is 0 Å². The van der Waals surface area contributed by atoms with Crippen molar-refractivity contribution in [3.8, 4) is 0 Å². The number of aromatic amines is 1. The van der Waals surface area contributed by atoms with Crippen LogP contribution in [0, 0.1) is 0 Å². The highest BCUT2D eigenvalue weighted by molar-refractivity contribution is 7.99. The number of nitrogens with zero attached hydrogens (tertiary/aromatic N) is 1. The number of carbonyl (C=O) groups is 1. The molecule has 0 unspecified atom stereocenters. The first-order valence-electron chi connectivity index (χ1n) is 4.91. The van der Waals surface area contributed by atoms with E-state index in [1.165, 1.54) is 11.8 Å². The molecule has 1 amide bonds. The van der Waals surface area contributed by atoms with Gasteiger partial charge in [0.25, 0.3) is 0 Å². The first-order chi connectivity index (χ1) is 8.24. The van der Waals surface area contributed by atoms with Crippen molar-refractivity contribution in [2.45, 2.75) is 5.16 Å². The van der Waals surface area contributed by atoms with E-state index in [2.05, 4.69) is 15.3 Å². The zero-order valence-corrected chi connectivity index (χ0v) is 10.4. The molecule has 2 aromatic rings. The Morgan fingerprint density at radius 1 is 1.53 bits per heavy atom. The summed E-state index contributed by atoms with van der Waals surface area (Å²) in [5, 5.41) is 4.09. The van der Waals surface area contributed by atoms with Crippen molar-refractivity contribution in [1.82, 2.24) is 9.97 Å². The summed E-state index contributed by atoms with van der Waals surface area (Å²) in [5.74, 6) is 0.216. The Balaban J connectivity index is 1.85. The minimum Gasteiger partial charge on any atom is -0.340 e. The van der Waals surface area contributed by atoms with Gasteiger partial charge in [-0.25, -0.2) is 4.98 Å². The Kier molecular flexibility index (Phi) is 4.06. The van der Waals surface area contributed by atoms with E-state index in [9.17, 15) is 4.79 Å². The quantitative estimate of drug-likeness (QED) is 0.838. The molecule has 0 spiro atoms. The highest BCUT2D eigenvalue weighted by Gasteiger charge is 2.04. The Hall–Kier alpha value is -1.46. The number of hydrogen-bond acceptors (Lipinski definition) is 3. The van der Waals surface area contributed by atoms with Crippen LogP contribution >= 0.6 is 23.4 Å². The molecule has 4 nitrogen and oxygen atoms in total. The molecule has 0 saturated heterocycles. The summed E-state index contributed by atoms with van der Waals surface area (Å²) in [7, 11) is 0. The van der Waals surface area contributed by atoms with Crippen LogP contribution < -0.4 is 5.32 Å². The van der Waals surface area contributed by atoms with Gasteiger partial charge in [0.2, 0.25) is 5.91 Å². The molecule has 0 aliphatic rings.